The molecule has 4 nitrogen and oxygen atoms in total. The SMILES string of the molecule is NS(=O)(=O)c1ccc(C#CCC=O)c(F)c1. The minimum Gasteiger partial charge on any atom is -0.302 e. The molecule has 0 bridgehead atoms. The highest BCUT2D eigenvalue weighted by atomic mass is 32.2. The molecule has 16 heavy (non-hydrogen) atoms. The van der Waals surface area contributed by atoms with Crippen LogP contribution in [0, 0.1) is 17.7 Å². The quantitative estimate of drug-likeness (QED) is 0.602. The number of benzene rings is 1. The first-order valence-corrected chi connectivity index (χ1v) is 5.74. The monoisotopic (exact) mass is 241 g/mol. The zero-order valence-corrected chi connectivity index (χ0v) is 8.92. The molecule has 0 saturated carbocycles. The molecule has 0 aliphatic rings. The highest BCUT2D eigenvalue weighted by Gasteiger charge is 2.10. The van der Waals surface area contributed by atoms with E-state index < -0.39 is 15.8 Å². The third kappa shape index (κ3) is 3.15. The molecule has 0 heterocycles. The second kappa shape index (κ2) is 4.88. The van der Waals surface area contributed by atoms with E-state index in [4.69, 9.17) is 5.14 Å². The van der Waals surface area contributed by atoms with Crippen molar-refractivity contribution >= 4 is 16.3 Å². The van der Waals surface area contributed by atoms with E-state index in [0.29, 0.717) is 6.29 Å². The number of sulfonamides is 1. The second-order valence-electron chi connectivity index (χ2n) is 2.86. The highest BCUT2D eigenvalue weighted by molar-refractivity contribution is 7.89. The van der Waals surface area contributed by atoms with Gasteiger partial charge in [0.15, 0.2) is 0 Å². The molecule has 1 rings (SSSR count). The summed E-state index contributed by atoms with van der Waals surface area (Å²) in [7, 11) is -3.91. The number of hydrogen-bond acceptors (Lipinski definition) is 3. The number of hydrogen-bond donors (Lipinski definition) is 1. The summed E-state index contributed by atoms with van der Waals surface area (Å²) in [5.41, 5.74) is 0.0225. The van der Waals surface area contributed by atoms with Gasteiger partial charge < -0.3 is 4.79 Å². The van der Waals surface area contributed by atoms with Crippen LogP contribution in [0.2, 0.25) is 0 Å². The summed E-state index contributed by atoms with van der Waals surface area (Å²) < 4.78 is 35.1. The highest BCUT2D eigenvalue weighted by Crippen LogP contribution is 2.12. The maximum Gasteiger partial charge on any atom is 0.238 e. The van der Waals surface area contributed by atoms with Crippen LogP contribution in [0.3, 0.4) is 0 Å². The third-order valence-electron chi connectivity index (χ3n) is 1.68. The van der Waals surface area contributed by atoms with Crippen LogP contribution in [0.25, 0.3) is 0 Å². The van der Waals surface area contributed by atoms with Gasteiger partial charge in [-0.3, -0.25) is 0 Å². The molecular formula is C10H8FNO3S. The molecule has 0 atom stereocenters. The minimum atomic E-state index is -3.91. The Morgan fingerprint density at radius 2 is 2.12 bits per heavy atom. The van der Waals surface area contributed by atoms with Crippen LogP contribution in [0.5, 0.6) is 0 Å². The summed E-state index contributed by atoms with van der Waals surface area (Å²) in [5, 5.41) is 4.82. The van der Waals surface area contributed by atoms with Crippen LogP contribution in [-0.4, -0.2) is 14.7 Å². The Hall–Kier alpha value is -1.71. The molecule has 1 aromatic carbocycles. The molecule has 0 aromatic heterocycles. The zero-order chi connectivity index (χ0) is 12.2. The molecule has 0 unspecified atom stereocenters. The van der Waals surface area contributed by atoms with Crippen LogP contribution < -0.4 is 5.14 Å². The molecule has 2 N–H and O–H groups in total. The van der Waals surface area contributed by atoms with Gasteiger partial charge in [0.25, 0.3) is 0 Å². The standard InChI is InChI=1S/C10H8FNO3S/c11-10-7-9(16(12,14)15)5-4-8(10)3-1-2-6-13/h4-7H,2H2,(H2,12,14,15). The summed E-state index contributed by atoms with van der Waals surface area (Å²) in [4.78, 5) is 9.66. The van der Waals surface area contributed by atoms with Gasteiger partial charge in [-0.15, -0.1) is 0 Å². The molecule has 0 aliphatic heterocycles. The average molecular weight is 241 g/mol. The first-order chi connectivity index (χ1) is 7.45. The topological polar surface area (TPSA) is 77.2 Å². The van der Waals surface area contributed by atoms with Crippen LogP contribution in [0.4, 0.5) is 4.39 Å². The molecule has 0 aliphatic carbocycles. The lowest BCUT2D eigenvalue weighted by Gasteiger charge is -1.99. The number of aldehydes is 1. The van der Waals surface area contributed by atoms with Crippen molar-refractivity contribution in [2.75, 3.05) is 0 Å². The maximum atomic E-state index is 13.3. The molecule has 6 heteroatoms. The average Bonchev–Trinajstić information content (AvgIpc) is 2.19. The smallest absolute Gasteiger partial charge is 0.238 e. The van der Waals surface area contributed by atoms with Crippen LogP contribution in [-0.2, 0) is 14.8 Å². The van der Waals surface area contributed by atoms with Gasteiger partial charge in [-0.1, -0.05) is 11.8 Å². The number of rotatable bonds is 2. The Bertz CT molecular complexity index is 569. The molecular weight excluding hydrogens is 233 g/mol. The molecule has 0 fully saturated rings. The van der Waals surface area contributed by atoms with Gasteiger partial charge >= 0.3 is 0 Å². The van der Waals surface area contributed by atoms with E-state index in [1.165, 1.54) is 6.07 Å². The Morgan fingerprint density at radius 1 is 1.44 bits per heavy atom. The fourth-order valence-corrected chi connectivity index (χ4v) is 1.49. The summed E-state index contributed by atoms with van der Waals surface area (Å²) in [6.07, 6.45) is 0.583. The number of nitrogens with two attached hydrogens (primary N) is 1. The minimum absolute atomic E-state index is 0.00359. The molecule has 0 spiro atoms. The first kappa shape index (κ1) is 12.4. The van der Waals surface area contributed by atoms with Crippen LogP contribution in [0.15, 0.2) is 23.1 Å². The van der Waals surface area contributed by atoms with Crippen molar-refractivity contribution in [3.63, 3.8) is 0 Å². The zero-order valence-electron chi connectivity index (χ0n) is 8.10. The van der Waals surface area contributed by atoms with Crippen molar-refractivity contribution < 1.29 is 17.6 Å². The van der Waals surface area contributed by atoms with Crippen LogP contribution in [0.1, 0.15) is 12.0 Å². The van der Waals surface area contributed by atoms with E-state index >= 15 is 0 Å². The summed E-state index contributed by atoms with van der Waals surface area (Å²) in [6, 6.07) is 3.15. The predicted octanol–water partition coefficient (Wildman–Crippen LogP) is 0.414. The number of carbonyl (C=O) groups excluding carboxylic acids is 1. The van der Waals surface area contributed by atoms with E-state index in [1.807, 2.05) is 0 Å². The Labute approximate surface area is 92.3 Å². The third-order valence-corrected chi connectivity index (χ3v) is 2.59. The predicted molar refractivity (Wildman–Crippen MR) is 55.3 cm³/mol. The normalized spacial score (nSPS) is 10.4. The van der Waals surface area contributed by atoms with E-state index in [-0.39, 0.29) is 16.9 Å². The van der Waals surface area contributed by atoms with Crippen LogP contribution >= 0.6 is 0 Å². The van der Waals surface area contributed by atoms with Crippen molar-refractivity contribution in [2.24, 2.45) is 5.14 Å². The van der Waals surface area contributed by atoms with E-state index in [0.717, 1.165) is 12.1 Å². The molecule has 1 aromatic rings. The Morgan fingerprint density at radius 3 is 2.62 bits per heavy atom. The lowest BCUT2D eigenvalue weighted by atomic mass is 10.2. The number of carbonyl (C=O) groups is 1. The van der Waals surface area contributed by atoms with Crippen molar-refractivity contribution in [3.8, 4) is 11.8 Å². The first-order valence-electron chi connectivity index (χ1n) is 4.20. The van der Waals surface area contributed by atoms with Gasteiger partial charge in [-0.25, -0.2) is 17.9 Å². The fourth-order valence-electron chi connectivity index (χ4n) is 0.962. The van der Waals surface area contributed by atoms with E-state index in [9.17, 15) is 17.6 Å². The molecule has 0 amide bonds. The summed E-state index contributed by atoms with van der Waals surface area (Å²) in [6.45, 7) is 0. The maximum absolute atomic E-state index is 13.3. The lowest BCUT2D eigenvalue weighted by Crippen LogP contribution is -2.12. The summed E-state index contributed by atoms with van der Waals surface area (Å²) >= 11 is 0. The fraction of sp³-hybridized carbons (Fsp3) is 0.100. The van der Waals surface area contributed by atoms with Gasteiger partial charge in [-0.05, 0) is 18.2 Å². The lowest BCUT2D eigenvalue weighted by molar-refractivity contribution is -0.107. The van der Waals surface area contributed by atoms with E-state index in [2.05, 4.69) is 11.8 Å². The van der Waals surface area contributed by atoms with Gasteiger partial charge in [0.1, 0.15) is 12.1 Å². The summed E-state index contributed by atoms with van der Waals surface area (Å²) in [5.74, 6) is 4.03. The second-order valence-corrected chi connectivity index (χ2v) is 4.42. The van der Waals surface area contributed by atoms with Crippen molar-refractivity contribution in [1.82, 2.24) is 0 Å². The molecule has 0 saturated heterocycles. The van der Waals surface area contributed by atoms with Gasteiger partial charge in [0, 0.05) is 0 Å². The Kier molecular flexibility index (Phi) is 3.77. The van der Waals surface area contributed by atoms with E-state index in [1.54, 1.807) is 0 Å². The number of primary sulfonamides is 1. The Balaban J connectivity index is 3.12. The van der Waals surface area contributed by atoms with Crippen molar-refractivity contribution in [1.29, 1.82) is 0 Å². The number of halogens is 1. The van der Waals surface area contributed by atoms with Crippen molar-refractivity contribution in [2.45, 2.75) is 11.3 Å². The van der Waals surface area contributed by atoms with Gasteiger partial charge in [0.05, 0.1) is 16.9 Å². The van der Waals surface area contributed by atoms with Gasteiger partial charge in [0.2, 0.25) is 10.0 Å². The molecule has 84 valence electrons. The largest absolute Gasteiger partial charge is 0.302 e. The molecule has 0 radical (unpaired) electrons. The van der Waals surface area contributed by atoms with Gasteiger partial charge in [-0.2, -0.15) is 0 Å². The van der Waals surface area contributed by atoms with Crippen molar-refractivity contribution in [3.05, 3.63) is 29.6 Å².